The van der Waals surface area contributed by atoms with E-state index in [2.05, 4.69) is 0 Å². The molecule has 3 heteroatoms. The van der Waals surface area contributed by atoms with Crippen molar-refractivity contribution in [3.05, 3.63) is 28.8 Å². The van der Waals surface area contributed by atoms with Gasteiger partial charge < -0.3 is 16.2 Å². The summed E-state index contributed by atoms with van der Waals surface area (Å²) in [6.45, 7) is 5.95. The van der Waals surface area contributed by atoms with Gasteiger partial charge in [0.1, 0.15) is 5.75 Å². The van der Waals surface area contributed by atoms with Crippen LogP contribution in [0.25, 0.3) is 0 Å². The average molecular weight is 208 g/mol. The van der Waals surface area contributed by atoms with Gasteiger partial charge in [0.25, 0.3) is 0 Å². The van der Waals surface area contributed by atoms with Crippen LogP contribution in [0.2, 0.25) is 0 Å². The molecule has 0 aliphatic carbocycles. The molecule has 0 radical (unpaired) electrons. The van der Waals surface area contributed by atoms with E-state index in [0.29, 0.717) is 0 Å². The molecule has 2 atom stereocenters. The second-order valence-corrected chi connectivity index (χ2v) is 4.07. The Morgan fingerprint density at radius 3 is 1.93 bits per heavy atom. The highest BCUT2D eigenvalue weighted by Crippen LogP contribution is 2.27. The molecule has 3 nitrogen and oxygen atoms in total. The number of nitrogens with two attached hydrogens (primary N) is 2. The Kier molecular flexibility index (Phi) is 3.72. The standard InChI is InChI=1S/C12H20N2O/c1-7-5-10(11(14)9(3)13)6-8(2)12(7)15-4/h5-6,9,11H,13-14H2,1-4H3. The van der Waals surface area contributed by atoms with Crippen molar-refractivity contribution in [1.29, 1.82) is 0 Å². The van der Waals surface area contributed by atoms with Crippen LogP contribution in [0.3, 0.4) is 0 Å². The maximum Gasteiger partial charge on any atom is 0.124 e. The van der Waals surface area contributed by atoms with E-state index in [1.165, 1.54) is 0 Å². The lowest BCUT2D eigenvalue weighted by Gasteiger charge is -2.19. The van der Waals surface area contributed by atoms with Crippen molar-refractivity contribution in [3.8, 4) is 5.75 Å². The van der Waals surface area contributed by atoms with Crippen LogP contribution < -0.4 is 16.2 Å². The maximum atomic E-state index is 6.00. The molecule has 0 fully saturated rings. The molecule has 1 aromatic rings. The van der Waals surface area contributed by atoms with Gasteiger partial charge in [-0.3, -0.25) is 0 Å². The van der Waals surface area contributed by atoms with Crippen LogP contribution in [0, 0.1) is 13.8 Å². The lowest BCUT2D eigenvalue weighted by molar-refractivity contribution is 0.408. The number of rotatable bonds is 3. The summed E-state index contributed by atoms with van der Waals surface area (Å²) in [7, 11) is 1.68. The number of aryl methyl sites for hydroxylation is 2. The molecule has 0 heterocycles. The fraction of sp³-hybridized carbons (Fsp3) is 0.500. The van der Waals surface area contributed by atoms with Gasteiger partial charge in [-0.1, -0.05) is 12.1 Å². The Hall–Kier alpha value is -1.06. The summed E-state index contributed by atoms with van der Waals surface area (Å²) in [6, 6.07) is 3.92. The molecule has 1 aromatic carbocycles. The Balaban J connectivity index is 3.14. The van der Waals surface area contributed by atoms with Crippen molar-refractivity contribution >= 4 is 0 Å². The molecular weight excluding hydrogens is 188 g/mol. The molecule has 2 unspecified atom stereocenters. The molecule has 1 rings (SSSR count). The molecule has 15 heavy (non-hydrogen) atoms. The van der Waals surface area contributed by atoms with Crippen LogP contribution in [0.15, 0.2) is 12.1 Å². The van der Waals surface area contributed by atoms with E-state index in [1.807, 2.05) is 32.9 Å². The summed E-state index contributed by atoms with van der Waals surface area (Å²) in [5, 5.41) is 0. The number of hydrogen-bond acceptors (Lipinski definition) is 3. The Morgan fingerprint density at radius 1 is 1.13 bits per heavy atom. The van der Waals surface area contributed by atoms with Gasteiger partial charge in [0.15, 0.2) is 0 Å². The van der Waals surface area contributed by atoms with Gasteiger partial charge in [-0.05, 0) is 37.5 Å². The summed E-state index contributed by atoms with van der Waals surface area (Å²) in [6.07, 6.45) is 0. The lowest BCUT2D eigenvalue weighted by atomic mass is 9.97. The van der Waals surface area contributed by atoms with E-state index in [1.54, 1.807) is 7.11 Å². The zero-order valence-corrected chi connectivity index (χ0v) is 9.87. The van der Waals surface area contributed by atoms with Gasteiger partial charge in [0.2, 0.25) is 0 Å². The molecule has 4 N–H and O–H groups in total. The van der Waals surface area contributed by atoms with Gasteiger partial charge in [-0.2, -0.15) is 0 Å². The van der Waals surface area contributed by atoms with Gasteiger partial charge in [0.05, 0.1) is 7.11 Å². The highest BCUT2D eigenvalue weighted by molar-refractivity contribution is 5.44. The van der Waals surface area contributed by atoms with Crippen molar-refractivity contribution in [2.24, 2.45) is 11.5 Å². The summed E-state index contributed by atoms with van der Waals surface area (Å²) >= 11 is 0. The van der Waals surface area contributed by atoms with Crippen LogP contribution in [-0.4, -0.2) is 13.2 Å². The zero-order chi connectivity index (χ0) is 11.6. The van der Waals surface area contributed by atoms with Crippen LogP contribution in [0.1, 0.15) is 29.7 Å². The normalized spacial score (nSPS) is 14.8. The quantitative estimate of drug-likeness (QED) is 0.794. The summed E-state index contributed by atoms with van der Waals surface area (Å²) in [4.78, 5) is 0. The van der Waals surface area contributed by atoms with Crippen LogP contribution in [0.5, 0.6) is 5.75 Å². The molecule has 0 spiro atoms. The van der Waals surface area contributed by atoms with E-state index < -0.39 is 0 Å². The molecule has 0 amide bonds. The van der Waals surface area contributed by atoms with Crippen LogP contribution >= 0.6 is 0 Å². The highest BCUT2D eigenvalue weighted by Gasteiger charge is 2.13. The van der Waals surface area contributed by atoms with Gasteiger partial charge in [-0.15, -0.1) is 0 Å². The molecule has 0 saturated carbocycles. The monoisotopic (exact) mass is 208 g/mol. The number of ether oxygens (including phenoxy) is 1. The fourth-order valence-electron chi connectivity index (χ4n) is 1.80. The second-order valence-electron chi connectivity index (χ2n) is 4.07. The van der Waals surface area contributed by atoms with Gasteiger partial charge >= 0.3 is 0 Å². The first-order valence-electron chi connectivity index (χ1n) is 5.13. The SMILES string of the molecule is COc1c(C)cc(C(N)C(C)N)cc1C. The molecule has 0 aliphatic heterocycles. The molecule has 0 aromatic heterocycles. The first kappa shape index (κ1) is 12.0. The highest BCUT2D eigenvalue weighted by atomic mass is 16.5. The van der Waals surface area contributed by atoms with E-state index in [-0.39, 0.29) is 12.1 Å². The topological polar surface area (TPSA) is 61.3 Å². The van der Waals surface area contributed by atoms with Crippen LogP contribution in [0.4, 0.5) is 0 Å². The lowest BCUT2D eigenvalue weighted by Crippen LogP contribution is -2.31. The van der Waals surface area contributed by atoms with Crippen LogP contribution in [-0.2, 0) is 0 Å². The van der Waals surface area contributed by atoms with Crippen molar-refractivity contribution in [2.75, 3.05) is 7.11 Å². The van der Waals surface area contributed by atoms with Gasteiger partial charge in [0, 0.05) is 12.1 Å². The summed E-state index contributed by atoms with van der Waals surface area (Å²) in [5.41, 5.74) is 15.1. The number of methoxy groups -OCH3 is 1. The Morgan fingerprint density at radius 2 is 1.60 bits per heavy atom. The number of benzene rings is 1. The molecule has 0 bridgehead atoms. The maximum absolute atomic E-state index is 6.00. The van der Waals surface area contributed by atoms with Crippen molar-refractivity contribution in [3.63, 3.8) is 0 Å². The second kappa shape index (κ2) is 4.64. The van der Waals surface area contributed by atoms with E-state index in [9.17, 15) is 0 Å². The molecule has 84 valence electrons. The smallest absolute Gasteiger partial charge is 0.124 e. The first-order chi connectivity index (χ1) is 6.97. The minimum atomic E-state index is -0.117. The minimum absolute atomic E-state index is 0.0443. The van der Waals surface area contributed by atoms with Gasteiger partial charge in [-0.25, -0.2) is 0 Å². The third kappa shape index (κ3) is 2.49. The zero-order valence-electron chi connectivity index (χ0n) is 9.87. The largest absolute Gasteiger partial charge is 0.496 e. The predicted molar refractivity (Wildman–Crippen MR) is 63.0 cm³/mol. The summed E-state index contributed by atoms with van der Waals surface area (Å²) < 4.78 is 5.30. The first-order valence-corrected chi connectivity index (χ1v) is 5.13. The van der Waals surface area contributed by atoms with E-state index in [0.717, 1.165) is 22.4 Å². The average Bonchev–Trinajstić information content (AvgIpc) is 2.15. The molecule has 0 aliphatic rings. The Labute approximate surface area is 91.4 Å². The van der Waals surface area contributed by atoms with E-state index in [4.69, 9.17) is 16.2 Å². The predicted octanol–water partition coefficient (Wildman–Crippen LogP) is 1.66. The molecular formula is C12H20N2O. The van der Waals surface area contributed by atoms with Crippen molar-refractivity contribution < 1.29 is 4.74 Å². The fourth-order valence-corrected chi connectivity index (χ4v) is 1.80. The number of hydrogen-bond donors (Lipinski definition) is 2. The van der Waals surface area contributed by atoms with Crippen molar-refractivity contribution in [1.82, 2.24) is 0 Å². The Bertz CT molecular complexity index is 324. The minimum Gasteiger partial charge on any atom is -0.496 e. The molecule has 0 saturated heterocycles. The summed E-state index contributed by atoms with van der Waals surface area (Å²) in [5.74, 6) is 0.927. The third-order valence-electron chi connectivity index (χ3n) is 2.64. The third-order valence-corrected chi connectivity index (χ3v) is 2.64. The van der Waals surface area contributed by atoms with Crippen molar-refractivity contribution in [2.45, 2.75) is 32.9 Å². The van der Waals surface area contributed by atoms with E-state index >= 15 is 0 Å².